The smallest absolute Gasteiger partial charge is 0.326 e. The fourth-order valence-corrected chi connectivity index (χ4v) is 6.56. The van der Waals surface area contributed by atoms with Crippen LogP contribution in [0.1, 0.15) is 54.6 Å². The first kappa shape index (κ1) is 35.4. The van der Waals surface area contributed by atoms with Crippen LogP contribution in [-0.2, 0) is 20.9 Å². The van der Waals surface area contributed by atoms with Gasteiger partial charge < -0.3 is 42.3 Å². The van der Waals surface area contributed by atoms with E-state index in [0.29, 0.717) is 16.6 Å². The highest BCUT2D eigenvalue weighted by atomic mass is 32.2. The van der Waals surface area contributed by atoms with E-state index in [1.165, 1.54) is 18.3 Å². The molecule has 2 aliphatic heterocycles. The first-order valence-corrected chi connectivity index (χ1v) is 16.0. The second kappa shape index (κ2) is 16.4. The van der Waals surface area contributed by atoms with Gasteiger partial charge in [0.15, 0.2) is 11.2 Å². The van der Waals surface area contributed by atoms with Gasteiger partial charge in [-0.05, 0) is 43.5 Å². The van der Waals surface area contributed by atoms with Gasteiger partial charge in [0.25, 0.3) is 11.5 Å². The second-order valence-corrected chi connectivity index (χ2v) is 12.2. The van der Waals surface area contributed by atoms with E-state index in [9.17, 15) is 28.8 Å². The lowest BCUT2D eigenvalue weighted by atomic mass is 10.0. The van der Waals surface area contributed by atoms with E-state index in [2.05, 4.69) is 41.2 Å². The Kier molecular flexibility index (Phi) is 12.1. The highest BCUT2D eigenvalue weighted by molar-refractivity contribution is 8.00. The van der Waals surface area contributed by atoms with Crippen molar-refractivity contribution < 1.29 is 39.3 Å². The van der Waals surface area contributed by atoms with Gasteiger partial charge in [0.1, 0.15) is 6.04 Å². The number of carboxylic acids is 3. The summed E-state index contributed by atoms with van der Waals surface area (Å²) in [6.45, 7) is 0.231. The highest BCUT2D eigenvalue weighted by Crippen LogP contribution is 2.33. The van der Waals surface area contributed by atoms with E-state index >= 15 is 0 Å². The van der Waals surface area contributed by atoms with E-state index in [-0.39, 0.29) is 66.6 Å². The van der Waals surface area contributed by atoms with Crippen molar-refractivity contribution in [2.45, 2.75) is 68.4 Å². The summed E-state index contributed by atoms with van der Waals surface area (Å²) in [6, 6.07) is 5.30. The Labute approximate surface area is 276 Å². The largest absolute Gasteiger partial charge is 0.481 e. The monoisotopic (exact) mass is 685 g/mol. The number of aromatic nitrogens is 4. The summed E-state index contributed by atoms with van der Waals surface area (Å²) in [5, 5.41) is 38.0. The van der Waals surface area contributed by atoms with Crippen LogP contribution in [0, 0.1) is 0 Å². The average molecular weight is 686 g/mol. The minimum atomic E-state index is -1.31. The molecule has 0 radical (unpaired) electrons. The molecule has 48 heavy (non-hydrogen) atoms. The molecule has 3 amide bonds. The quantitative estimate of drug-likeness (QED) is 0.0836. The van der Waals surface area contributed by atoms with Crippen molar-refractivity contribution in [2.75, 3.05) is 16.8 Å². The van der Waals surface area contributed by atoms with E-state index in [1.54, 1.807) is 12.1 Å². The number of nitrogens with zero attached hydrogens (tertiary/aromatic N) is 3. The number of nitrogens with one attached hydrogen (secondary N) is 5. The molecule has 2 aromatic heterocycles. The van der Waals surface area contributed by atoms with Gasteiger partial charge in [-0.15, -0.1) is 0 Å². The van der Waals surface area contributed by atoms with E-state index < -0.39 is 35.4 Å². The van der Waals surface area contributed by atoms with Gasteiger partial charge in [-0.25, -0.2) is 19.6 Å². The summed E-state index contributed by atoms with van der Waals surface area (Å²) in [5.74, 6) is -2.92. The van der Waals surface area contributed by atoms with Crippen molar-refractivity contribution >= 4 is 64.4 Å². The molecule has 1 aromatic carbocycles. The van der Waals surface area contributed by atoms with Crippen LogP contribution in [-0.4, -0.2) is 94.2 Å². The van der Waals surface area contributed by atoms with Gasteiger partial charge in [0.05, 0.1) is 30.5 Å². The molecule has 18 nitrogen and oxygen atoms in total. The molecule has 0 aliphatic carbocycles. The lowest BCUT2D eigenvalue weighted by Crippen LogP contribution is -2.41. The van der Waals surface area contributed by atoms with Crippen molar-refractivity contribution in [3.8, 4) is 0 Å². The Morgan fingerprint density at radius 2 is 1.73 bits per heavy atom. The van der Waals surface area contributed by atoms with Gasteiger partial charge in [-0.1, -0.05) is 6.42 Å². The van der Waals surface area contributed by atoms with Gasteiger partial charge in [0, 0.05) is 35.1 Å². The number of rotatable bonds is 14. The van der Waals surface area contributed by atoms with Crippen molar-refractivity contribution in [1.29, 1.82) is 0 Å². The zero-order chi connectivity index (χ0) is 34.8. The minimum Gasteiger partial charge on any atom is -0.481 e. The predicted molar refractivity (Wildman–Crippen MR) is 173 cm³/mol. The predicted octanol–water partition coefficient (Wildman–Crippen LogP) is 0.752. The molecule has 0 spiro atoms. The van der Waals surface area contributed by atoms with Crippen LogP contribution in [0.2, 0.25) is 0 Å². The van der Waals surface area contributed by atoms with Crippen molar-refractivity contribution in [2.24, 2.45) is 0 Å². The first-order chi connectivity index (χ1) is 22.9. The average Bonchev–Trinajstić information content (AvgIpc) is 3.59. The number of amides is 3. The van der Waals surface area contributed by atoms with Crippen molar-refractivity contribution in [1.82, 2.24) is 35.9 Å². The van der Waals surface area contributed by atoms with Crippen LogP contribution in [0.5, 0.6) is 0 Å². The number of benzene rings is 1. The summed E-state index contributed by atoms with van der Waals surface area (Å²) < 4.78 is 0. The number of urea groups is 1. The van der Waals surface area contributed by atoms with Crippen molar-refractivity contribution in [3.63, 3.8) is 0 Å². The van der Waals surface area contributed by atoms with E-state index in [0.717, 1.165) is 25.0 Å². The fourth-order valence-electron chi connectivity index (χ4n) is 5.02. The molecule has 0 bridgehead atoms. The molecule has 2 saturated heterocycles. The Balaban J connectivity index is 0.000000271. The number of H-pyrrole nitrogens is 1. The first-order valence-electron chi connectivity index (χ1n) is 14.9. The minimum absolute atomic E-state index is 0.0524. The number of aliphatic carboxylic acids is 3. The number of unbranched alkanes of at least 4 members (excludes halogenated alkanes) is 1. The Morgan fingerprint density at radius 1 is 1.00 bits per heavy atom. The molecule has 19 heteroatoms. The van der Waals surface area contributed by atoms with Gasteiger partial charge in [0.2, 0.25) is 5.95 Å². The number of nitrogens with two attached hydrogens (primary N) is 1. The van der Waals surface area contributed by atoms with Crippen molar-refractivity contribution in [3.05, 3.63) is 52.1 Å². The molecule has 2 aliphatic rings. The number of aromatic amines is 1. The Bertz CT molecular complexity index is 1720. The third-order valence-electron chi connectivity index (χ3n) is 7.42. The zero-order valence-corrected chi connectivity index (χ0v) is 26.3. The topological polar surface area (TPSA) is 292 Å². The number of nitrogen functional groups attached to an aromatic ring is 1. The Hall–Kier alpha value is -5.46. The standard InChI is InChI=1S/C19H19N7O6.C10H16N2O3S/c20-19-25-15-14(17(30)26-19)23-11(8-22-15)7-21-10-3-1-9(2-4-10)16(29)24-12(18(31)32)5-6-13(27)28;13-8(14)4-2-1-3-7-9-6(5-16-7)11-10(15)12-9/h1-4,8,12,21H,5-7H2,(H,24,29)(H,27,28)(H,31,32)(H3,20,22,25,26,30);6-7,9H,1-5H2,(H,13,14)(H2,11,12,15)/t;6-,7-,9-/m.0/s1. The second-order valence-electron chi connectivity index (χ2n) is 11.0. The van der Waals surface area contributed by atoms with Gasteiger partial charge >= 0.3 is 23.9 Å². The van der Waals surface area contributed by atoms with E-state index in [1.807, 2.05) is 11.8 Å². The number of fused-ring (bicyclic) bond motifs is 2. The van der Waals surface area contributed by atoms with Crippen LogP contribution in [0.25, 0.3) is 11.2 Å². The summed E-state index contributed by atoms with van der Waals surface area (Å²) >= 11 is 1.87. The lowest BCUT2D eigenvalue weighted by molar-refractivity contribution is -0.141. The highest BCUT2D eigenvalue weighted by Gasteiger charge is 2.42. The molecule has 4 heterocycles. The van der Waals surface area contributed by atoms with Crippen LogP contribution in [0.4, 0.5) is 16.4 Å². The molecule has 4 atom stereocenters. The third-order valence-corrected chi connectivity index (χ3v) is 8.93. The number of thioether (sulfide) groups is 1. The number of hydrogen-bond donors (Lipinski definition) is 9. The van der Waals surface area contributed by atoms with Crippen LogP contribution in [0.15, 0.2) is 35.3 Å². The number of hydrogen-bond acceptors (Lipinski definition) is 12. The molecule has 3 aromatic rings. The normalized spacial score (nSPS) is 18.4. The number of carbonyl (C=O) groups is 5. The molecule has 10 N–H and O–H groups in total. The summed E-state index contributed by atoms with van der Waals surface area (Å²) in [7, 11) is 0. The zero-order valence-electron chi connectivity index (χ0n) is 25.5. The number of carbonyl (C=O) groups excluding carboxylic acids is 2. The maximum Gasteiger partial charge on any atom is 0.326 e. The van der Waals surface area contributed by atoms with Crippen LogP contribution < -0.4 is 32.6 Å². The number of anilines is 2. The SMILES string of the molecule is Nc1nc2ncc(CNc3ccc(C(=O)NC(CCC(=O)O)C(=O)O)cc3)nc2c(=O)[nH]1.O=C(O)CCCC[C@@H]1SC[C@@H]2NC(=O)N[C@@H]21. The maximum atomic E-state index is 12.3. The third kappa shape index (κ3) is 10.0. The molecule has 5 rings (SSSR count). The summed E-state index contributed by atoms with van der Waals surface area (Å²) in [5.41, 5.74) is 6.47. The molecular formula is C29H35N9O9S. The summed E-state index contributed by atoms with van der Waals surface area (Å²) in [6.07, 6.45) is 3.72. The molecule has 0 saturated carbocycles. The van der Waals surface area contributed by atoms with Crippen LogP contribution >= 0.6 is 11.8 Å². The van der Waals surface area contributed by atoms with Gasteiger partial charge in [-0.2, -0.15) is 16.7 Å². The molecule has 1 unspecified atom stereocenters. The van der Waals surface area contributed by atoms with Crippen LogP contribution in [0.3, 0.4) is 0 Å². The number of carboxylic acid groups (broad SMARTS) is 3. The van der Waals surface area contributed by atoms with E-state index in [4.69, 9.17) is 21.1 Å². The maximum absolute atomic E-state index is 12.3. The molecule has 2 fully saturated rings. The van der Waals surface area contributed by atoms with Gasteiger partial charge in [-0.3, -0.25) is 24.2 Å². The summed E-state index contributed by atoms with van der Waals surface area (Å²) in [4.78, 5) is 82.0. The molecule has 256 valence electrons. The Morgan fingerprint density at radius 3 is 2.42 bits per heavy atom. The lowest BCUT2D eigenvalue weighted by Gasteiger charge is -2.16. The molecular weight excluding hydrogens is 650 g/mol. The fraction of sp³-hybridized carbons (Fsp3) is 0.414.